The molecule has 0 aromatic rings. The second kappa shape index (κ2) is 25.3. The number of rotatable bonds is 27. The van der Waals surface area contributed by atoms with Gasteiger partial charge in [-0.15, -0.1) is 0 Å². The summed E-state index contributed by atoms with van der Waals surface area (Å²) in [5.74, 6) is -0.798. The van der Waals surface area contributed by atoms with Crippen LogP contribution >= 0.6 is 7.82 Å². The molecule has 0 aromatic carbocycles. The maximum atomic E-state index is 11.9. The molecule has 0 saturated heterocycles. The molecule has 0 aliphatic heterocycles. The number of unbranched alkanes of at least 4 members (excludes halogenated alkanes) is 15. The van der Waals surface area contributed by atoms with Crippen LogP contribution in [0.3, 0.4) is 0 Å². The van der Waals surface area contributed by atoms with E-state index in [4.69, 9.17) is 13.8 Å². The minimum absolute atomic E-state index is 0.152. The number of carbonyl (C=O) groups excluding carboxylic acids is 2. The fourth-order valence-electron chi connectivity index (χ4n) is 3.96. The molecule has 0 spiro atoms. The molecule has 0 aliphatic rings. The van der Waals surface area contributed by atoms with Gasteiger partial charge in [-0.1, -0.05) is 103 Å². The largest absolute Gasteiger partial charge is 0.472 e. The molecule has 1 amide bonds. The van der Waals surface area contributed by atoms with Crippen LogP contribution in [0.4, 0.5) is 0 Å². The Morgan fingerprint density at radius 3 is 1.65 bits per heavy atom. The lowest BCUT2D eigenvalue weighted by atomic mass is 10.0. The van der Waals surface area contributed by atoms with Crippen molar-refractivity contribution in [1.82, 2.24) is 5.32 Å². The predicted molar refractivity (Wildman–Crippen MR) is 146 cm³/mol. The average Bonchev–Trinajstić information content (AvgIpc) is 2.84. The number of esters is 1. The van der Waals surface area contributed by atoms with Gasteiger partial charge in [-0.05, 0) is 6.42 Å². The third kappa shape index (κ3) is 27.9. The molecule has 0 saturated carbocycles. The number of hydrogen-bond acceptors (Lipinski definition) is 7. The van der Waals surface area contributed by atoms with Crippen molar-refractivity contribution in [2.75, 3.05) is 33.0 Å². The van der Waals surface area contributed by atoms with E-state index in [2.05, 4.69) is 17.0 Å². The van der Waals surface area contributed by atoms with Crippen LogP contribution in [-0.4, -0.2) is 55.8 Å². The molecule has 10 heteroatoms. The van der Waals surface area contributed by atoms with Crippen LogP contribution in [0.15, 0.2) is 0 Å². The van der Waals surface area contributed by atoms with E-state index < -0.39 is 19.8 Å². The fourth-order valence-corrected chi connectivity index (χ4v) is 4.70. The van der Waals surface area contributed by atoms with E-state index in [0.29, 0.717) is 6.61 Å². The van der Waals surface area contributed by atoms with Crippen LogP contribution in [0.5, 0.6) is 0 Å². The molecule has 0 radical (unpaired) electrons. The van der Waals surface area contributed by atoms with E-state index in [1.807, 2.05) is 0 Å². The second-order valence-corrected chi connectivity index (χ2v) is 11.2. The highest BCUT2D eigenvalue weighted by molar-refractivity contribution is 7.47. The number of ether oxygens (including phenoxy) is 2. The van der Waals surface area contributed by atoms with Gasteiger partial charge in [-0.25, -0.2) is 4.57 Å². The van der Waals surface area contributed by atoms with Crippen LogP contribution in [0.1, 0.15) is 124 Å². The van der Waals surface area contributed by atoms with Crippen molar-refractivity contribution in [3.8, 4) is 0 Å². The van der Waals surface area contributed by atoms with Crippen molar-refractivity contribution in [2.24, 2.45) is 0 Å². The van der Waals surface area contributed by atoms with Gasteiger partial charge in [-0.2, -0.15) is 0 Å². The lowest BCUT2D eigenvalue weighted by molar-refractivity contribution is -0.141. The quantitative estimate of drug-likeness (QED) is 0.0677. The van der Waals surface area contributed by atoms with Crippen LogP contribution < -0.4 is 5.32 Å². The maximum absolute atomic E-state index is 11.9. The smallest absolute Gasteiger partial charge is 0.463 e. The van der Waals surface area contributed by atoms with Crippen molar-refractivity contribution >= 4 is 19.7 Å². The topological polar surface area (TPSA) is 120 Å². The number of carbonyl (C=O) groups is 2. The lowest BCUT2D eigenvalue weighted by Gasteiger charge is -2.20. The highest BCUT2D eigenvalue weighted by Crippen LogP contribution is 2.43. The second-order valence-electron chi connectivity index (χ2n) is 9.71. The fraction of sp³-hybridized carbons (Fsp3) is 0.926. The molecule has 37 heavy (non-hydrogen) atoms. The summed E-state index contributed by atoms with van der Waals surface area (Å²) in [7, 11) is -4.33. The number of hydrogen-bond donors (Lipinski definition) is 2. The molecule has 0 bridgehead atoms. The molecule has 0 aliphatic carbocycles. The summed E-state index contributed by atoms with van der Waals surface area (Å²) in [6, 6.07) is -0.573. The van der Waals surface area contributed by atoms with Gasteiger partial charge in [-0.3, -0.25) is 18.6 Å². The molecular formula is C27H54NO8P. The molecular weight excluding hydrogens is 497 g/mol. The Balaban J connectivity index is 3.68. The highest BCUT2D eigenvalue weighted by Gasteiger charge is 2.24. The Morgan fingerprint density at radius 2 is 1.19 bits per heavy atom. The molecule has 2 N–H and O–H groups in total. The molecule has 1 unspecified atom stereocenters. The Labute approximate surface area is 225 Å². The molecule has 0 heterocycles. The molecule has 2 atom stereocenters. The third-order valence-electron chi connectivity index (χ3n) is 5.95. The first kappa shape index (κ1) is 36.0. The standard InChI is InChI=1S/C27H54NO8P/c1-4-5-6-7-8-9-10-11-12-13-14-15-16-17-18-19-20-33-23-27(28-25(2)29)24-36-37(31,32)35-22-21-34-26(3)30/h27H,4-24H2,1-3H3,(H,28,29)(H,31,32)/t27-/m1/s1. The molecule has 220 valence electrons. The van der Waals surface area contributed by atoms with E-state index in [-0.39, 0.29) is 32.3 Å². The summed E-state index contributed by atoms with van der Waals surface area (Å²) in [4.78, 5) is 31.8. The number of phosphoric acid groups is 1. The Morgan fingerprint density at radius 1 is 0.703 bits per heavy atom. The zero-order chi connectivity index (χ0) is 27.6. The number of phosphoric ester groups is 1. The van der Waals surface area contributed by atoms with Crippen molar-refractivity contribution in [3.05, 3.63) is 0 Å². The van der Waals surface area contributed by atoms with Gasteiger partial charge in [0.2, 0.25) is 5.91 Å². The molecule has 0 aromatic heterocycles. The van der Waals surface area contributed by atoms with Crippen molar-refractivity contribution in [1.29, 1.82) is 0 Å². The van der Waals surface area contributed by atoms with Crippen LogP contribution in [0.2, 0.25) is 0 Å². The zero-order valence-electron chi connectivity index (χ0n) is 23.7. The van der Waals surface area contributed by atoms with Crippen molar-refractivity contribution in [2.45, 2.75) is 130 Å². The van der Waals surface area contributed by atoms with Gasteiger partial charge in [0.1, 0.15) is 6.61 Å². The zero-order valence-corrected chi connectivity index (χ0v) is 24.6. The minimum atomic E-state index is -4.33. The first-order valence-corrected chi connectivity index (χ1v) is 15.9. The van der Waals surface area contributed by atoms with Gasteiger partial charge in [0.15, 0.2) is 0 Å². The van der Waals surface area contributed by atoms with Gasteiger partial charge in [0.25, 0.3) is 0 Å². The Hall–Kier alpha value is -0.990. The average molecular weight is 552 g/mol. The normalized spacial score (nSPS) is 13.7. The first-order valence-electron chi connectivity index (χ1n) is 14.4. The summed E-state index contributed by atoms with van der Waals surface area (Å²) in [6.45, 7) is 4.92. The summed E-state index contributed by atoms with van der Waals surface area (Å²) in [5.41, 5.74) is 0. The molecule has 0 fully saturated rings. The van der Waals surface area contributed by atoms with Gasteiger partial charge in [0, 0.05) is 20.5 Å². The van der Waals surface area contributed by atoms with Gasteiger partial charge < -0.3 is 19.7 Å². The summed E-state index contributed by atoms with van der Waals surface area (Å²) in [6.07, 6.45) is 20.9. The molecule has 9 nitrogen and oxygen atoms in total. The van der Waals surface area contributed by atoms with Gasteiger partial charge >= 0.3 is 13.8 Å². The van der Waals surface area contributed by atoms with E-state index in [1.54, 1.807) is 0 Å². The maximum Gasteiger partial charge on any atom is 0.472 e. The summed E-state index contributed by atoms with van der Waals surface area (Å²) < 4.78 is 31.9. The lowest BCUT2D eigenvalue weighted by Crippen LogP contribution is -2.40. The SMILES string of the molecule is CCCCCCCCCCCCCCCCCCOC[C@H](COP(=O)(O)OCCOC(C)=O)NC(C)=O. The third-order valence-corrected chi connectivity index (χ3v) is 6.93. The van der Waals surface area contributed by atoms with Crippen LogP contribution in [-0.2, 0) is 32.7 Å². The Kier molecular flexibility index (Phi) is 24.6. The van der Waals surface area contributed by atoms with E-state index in [1.165, 1.54) is 104 Å². The van der Waals surface area contributed by atoms with Crippen molar-refractivity contribution in [3.63, 3.8) is 0 Å². The monoisotopic (exact) mass is 551 g/mol. The Bertz CT molecular complexity index is 605. The van der Waals surface area contributed by atoms with E-state index >= 15 is 0 Å². The number of amides is 1. The van der Waals surface area contributed by atoms with Crippen LogP contribution in [0.25, 0.3) is 0 Å². The first-order chi connectivity index (χ1) is 17.8. The molecule has 0 rings (SSSR count). The summed E-state index contributed by atoms with van der Waals surface area (Å²) >= 11 is 0. The summed E-state index contributed by atoms with van der Waals surface area (Å²) in [5, 5.41) is 2.65. The van der Waals surface area contributed by atoms with Crippen molar-refractivity contribution < 1.29 is 37.6 Å². The van der Waals surface area contributed by atoms with E-state index in [9.17, 15) is 19.0 Å². The minimum Gasteiger partial charge on any atom is -0.463 e. The van der Waals surface area contributed by atoms with E-state index in [0.717, 1.165) is 12.8 Å². The number of nitrogens with one attached hydrogen (secondary N) is 1. The highest BCUT2D eigenvalue weighted by atomic mass is 31.2. The van der Waals surface area contributed by atoms with Crippen LogP contribution in [0, 0.1) is 0 Å². The van der Waals surface area contributed by atoms with Gasteiger partial charge in [0.05, 0.1) is 25.9 Å². The predicted octanol–water partition coefficient (Wildman–Crippen LogP) is 6.47.